The van der Waals surface area contributed by atoms with Crippen LogP contribution in [-0.2, 0) is 4.79 Å². The monoisotopic (exact) mass is 162 g/mol. The number of carbonyl (C=O) groups excluding carboxylic acids is 1. The SMILES string of the molecule is NC(=O)C#Cc1ncccc1O. The molecule has 1 rings (SSSR count). The number of rotatable bonds is 0. The number of nitrogens with zero attached hydrogens (tertiary/aromatic N) is 1. The van der Waals surface area contributed by atoms with Gasteiger partial charge in [0.15, 0.2) is 5.69 Å². The average molecular weight is 162 g/mol. The van der Waals surface area contributed by atoms with Crippen LogP contribution in [-0.4, -0.2) is 16.0 Å². The van der Waals surface area contributed by atoms with Gasteiger partial charge in [0, 0.05) is 12.1 Å². The lowest BCUT2D eigenvalue weighted by Crippen LogP contribution is -2.06. The quantitative estimate of drug-likeness (QED) is 0.511. The molecule has 4 heteroatoms. The number of hydrogen-bond acceptors (Lipinski definition) is 3. The molecule has 60 valence electrons. The predicted octanol–water partition coefficient (Wildman–Crippen LogP) is -0.376. The van der Waals surface area contributed by atoms with Crippen molar-refractivity contribution in [3.63, 3.8) is 0 Å². The van der Waals surface area contributed by atoms with E-state index in [9.17, 15) is 4.79 Å². The first-order valence-electron chi connectivity index (χ1n) is 3.15. The van der Waals surface area contributed by atoms with E-state index >= 15 is 0 Å². The van der Waals surface area contributed by atoms with Crippen molar-refractivity contribution >= 4 is 5.91 Å². The first kappa shape index (κ1) is 8.08. The lowest BCUT2D eigenvalue weighted by Gasteiger charge is -1.91. The van der Waals surface area contributed by atoms with Crippen LogP contribution in [0.4, 0.5) is 0 Å². The minimum atomic E-state index is -0.750. The highest BCUT2D eigenvalue weighted by Crippen LogP contribution is 2.09. The number of amides is 1. The summed E-state index contributed by atoms with van der Waals surface area (Å²) in [5.74, 6) is 3.58. The minimum Gasteiger partial charge on any atom is -0.505 e. The number of aromatic hydroxyl groups is 1. The van der Waals surface area contributed by atoms with Crippen LogP contribution in [0, 0.1) is 11.8 Å². The van der Waals surface area contributed by atoms with Gasteiger partial charge < -0.3 is 10.8 Å². The first-order valence-corrected chi connectivity index (χ1v) is 3.15. The molecule has 0 saturated heterocycles. The molecule has 1 heterocycles. The smallest absolute Gasteiger partial charge is 0.293 e. The molecule has 0 fully saturated rings. The first-order chi connectivity index (χ1) is 5.70. The zero-order chi connectivity index (χ0) is 8.97. The second-order valence-corrected chi connectivity index (χ2v) is 1.99. The molecule has 0 aromatic carbocycles. The Morgan fingerprint density at radius 1 is 1.67 bits per heavy atom. The highest BCUT2D eigenvalue weighted by Gasteiger charge is 1.95. The molecule has 1 aromatic rings. The summed E-state index contributed by atoms with van der Waals surface area (Å²) in [4.78, 5) is 13.9. The van der Waals surface area contributed by atoms with Gasteiger partial charge in [0.1, 0.15) is 5.75 Å². The second-order valence-electron chi connectivity index (χ2n) is 1.99. The normalized spacial score (nSPS) is 8.33. The van der Waals surface area contributed by atoms with Crippen LogP contribution in [0.3, 0.4) is 0 Å². The van der Waals surface area contributed by atoms with Crippen molar-refractivity contribution in [2.45, 2.75) is 0 Å². The molecule has 3 N–H and O–H groups in total. The van der Waals surface area contributed by atoms with Crippen LogP contribution in [0.15, 0.2) is 18.3 Å². The van der Waals surface area contributed by atoms with Crippen LogP contribution >= 0.6 is 0 Å². The van der Waals surface area contributed by atoms with Crippen molar-refractivity contribution in [2.24, 2.45) is 5.73 Å². The van der Waals surface area contributed by atoms with Gasteiger partial charge in [-0.1, -0.05) is 0 Å². The van der Waals surface area contributed by atoms with E-state index in [2.05, 4.69) is 16.8 Å². The summed E-state index contributed by atoms with van der Waals surface area (Å²) < 4.78 is 0. The molecule has 0 aliphatic heterocycles. The molecule has 0 unspecified atom stereocenters. The molecule has 0 bridgehead atoms. The maximum atomic E-state index is 10.2. The van der Waals surface area contributed by atoms with Crippen molar-refractivity contribution in [3.8, 4) is 17.6 Å². The fourth-order valence-corrected chi connectivity index (χ4v) is 0.614. The van der Waals surface area contributed by atoms with Gasteiger partial charge in [0.2, 0.25) is 0 Å². The summed E-state index contributed by atoms with van der Waals surface area (Å²) in [6.07, 6.45) is 1.46. The molecule has 1 amide bonds. The Morgan fingerprint density at radius 2 is 2.42 bits per heavy atom. The maximum Gasteiger partial charge on any atom is 0.293 e. The topological polar surface area (TPSA) is 76.2 Å². The molecule has 0 saturated carbocycles. The lowest BCUT2D eigenvalue weighted by molar-refractivity contribution is -0.112. The van der Waals surface area contributed by atoms with Crippen molar-refractivity contribution in [3.05, 3.63) is 24.0 Å². The molecule has 4 nitrogen and oxygen atoms in total. The highest BCUT2D eigenvalue weighted by molar-refractivity contribution is 5.92. The number of hydrogen-bond donors (Lipinski definition) is 2. The Kier molecular flexibility index (Phi) is 2.29. The van der Waals surface area contributed by atoms with Gasteiger partial charge in [-0.15, -0.1) is 0 Å². The zero-order valence-corrected chi connectivity index (χ0v) is 6.11. The Balaban J connectivity index is 2.99. The van der Waals surface area contributed by atoms with E-state index in [0.717, 1.165) is 0 Å². The summed E-state index contributed by atoms with van der Waals surface area (Å²) in [5, 5.41) is 9.11. The van der Waals surface area contributed by atoms with E-state index in [0.29, 0.717) is 0 Å². The molecule has 0 radical (unpaired) electrons. The van der Waals surface area contributed by atoms with E-state index in [-0.39, 0.29) is 11.4 Å². The van der Waals surface area contributed by atoms with Crippen LogP contribution < -0.4 is 5.73 Å². The Bertz CT molecular complexity index is 363. The molecule has 0 aliphatic rings. The van der Waals surface area contributed by atoms with E-state index in [1.807, 2.05) is 0 Å². The lowest BCUT2D eigenvalue weighted by atomic mass is 10.3. The largest absolute Gasteiger partial charge is 0.505 e. The minimum absolute atomic E-state index is 0.0637. The zero-order valence-electron chi connectivity index (χ0n) is 6.11. The standard InChI is InChI=1S/C8H6N2O2/c9-8(12)4-3-6-7(11)2-1-5-10-6/h1-2,5,11H,(H2,9,12). The van der Waals surface area contributed by atoms with Gasteiger partial charge in [-0.2, -0.15) is 0 Å². The van der Waals surface area contributed by atoms with Crippen LogP contribution in [0.2, 0.25) is 0 Å². The van der Waals surface area contributed by atoms with Gasteiger partial charge in [-0.3, -0.25) is 4.79 Å². The average Bonchev–Trinajstić information content (AvgIpc) is 2.03. The van der Waals surface area contributed by atoms with Crippen molar-refractivity contribution in [2.75, 3.05) is 0 Å². The third-order valence-corrected chi connectivity index (χ3v) is 1.09. The molecule has 0 aliphatic carbocycles. The van der Waals surface area contributed by atoms with E-state index in [1.165, 1.54) is 12.3 Å². The molecule has 0 spiro atoms. The van der Waals surface area contributed by atoms with Crippen LogP contribution in [0.5, 0.6) is 5.75 Å². The van der Waals surface area contributed by atoms with Crippen molar-refractivity contribution in [1.29, 1.82) is 0 Å². The number of pyridine rings is 1. The van der Waals surface area contributed by atoms with E-state index < -0.39 is 5.91 Å². The number of primary amides is 1. The predicted molar refractivity (Wildman–Crippen MR) is 42.0 cm³/mol. The third-order valence-electron chi connectivity index (χ3n) is 1.09. The Morgan fingerprint density at radius 3 is 3.00 bits per heavy atom. The Hall–Kier alpha value is -2.02. The number of nitrogens with two attached hydrogens (primary N) is 1. The van der Waals surface area contributed by atoms with Gasteiger partial charge in [0.25, 0.3) is 5.91 Å². The summed E-state index contributed by atoms with van der Waals surface area (Å²) in [7, 11) is 0. The van der Waals surface area contributed by atoms with Gasteiger partial charge in [-0.25, -0.2) is 4.98 Å². The summed E-state index contributed by atoms with van der Waals surface area (Å²) >= 11 is 0. The Labute approximate surface area is 69.0 Å². The summed E-state index contributed by atoms with van der Waals surface area (Å²) in [5.41, 5.74) is 4.92. The molecular weight excluding hydrogens is 156 g/mol. The van der Waals surface area contributed by atoms with Gasteiger partial charge in [0.05, 0.1) is 0 Å². The molecular formula is C8H6N2O2. The number of aromatic nitrogens is 1. The van der Waals surface area contributed by atoms with Gasteiger partial charge in [-0.05, 0) is 18.1 Å². The maximum absolute atomic E-state index is 10.2. The summed E-state index contributed by atoms with van der Waals surface area (Å²) in [6.45, 7) is 0. The van der Waals surface area contributed by atoms with Crippen molar-refractivity contribution < 1.29 is 9.90 Å². The number of carbonyl (C=O) groups is 1. The van der Waals surface area contributed by atoms with Crippen LogP contribution in [0.25, 0.3) is 0 Å². The molecule has 1 aromatic heterocycles. The second kappa shape index (κ2) is 3.39. The fraction of sp³-hybridized carbons (Fsp3) is 0. The fourth-order valence-electron chi connectivity index (χ4n) is 0.614. The highest BCUT2D eigenvalue weighted by atomic mass is 16.3. The van der Waals surface area contributed by atoms with Crippen LogP contribution in [0.1, 0.15) is 5.69 Å². The van der Waals surface area contributed by atoms with Crippen molar-refractivity contribution in [1.82, 2.24) is 4.98 Å². The molecule has 0 atom stereocenters. The third kappa shape index (κ3) is 1.99. The van der Waals surface area contributed by atoms with E-state index in [1.54, 1.807) is 6.07 Å². The summed E-state index contributed by atoms with van der Waals surface area (Å²) in [6, 6.07) is 2.99. The molecule has 12 heavy (non-hydrogen) atoms. The van der Waals surface area contributed by atoms with E-state index in [4.69, 9.17) is 10.8 Å². The van der Waals surface area contributed by atoms with Gasteiger partial charge >= 0.3 is 0 Å².